The Morgan fingerprint density at radius 2 is 1.91 bits per heavy atom. The maximum Gasteiger partial charge on any atom is 0.259 e. The number of anilines is 3. The fourth-order valence-electron chi connectivity index (χ4n) is 3.33. The predicted molar refractivity (Wildman–Crippen MR) is 125 cm³/mol. The van der Waals surface area contributed by atoms with Gasteiger partial charge in [0.15, 0.2) is 11.9 Å². The number of nitrogens with one attached hydrogen (secondary N) is 2. The highest BCUT2D eigenvalue weighted by Crippen LogP contribution is 2.27. The summed E-state index contributed by atoms with van der Waals surface area (Å²) in [5.41, 5.74) is 0.550. The standard InChI is InChI=1S/C19H18B3N7O2S/c20-19(21,22)31-15(12-5-2-1-3-6-12)16(30)25-18-28-27-17(32-18)24-13-8-10-29(11-13)14-7-4-9-23-26-14/h1-7,9,13,15H,8,10-11H2,(H,24,27)(H,25,28,30)/t13-,15+/m1/s1. The van der Waals surface area contributed by atoms with Crippen LogP contribution < -0.4 is 15.5 Å². The van der Waals surface area contributed by atoms with Gasteiger partial charge in [0.1, 0.15) is 0 Å². The van der Waals surface area contributed by atoms with Gasteiger partial charge in [-0.05, 0) is 29.4 Å². The number of aromatic nitrogens is 4. The molecule has 1 fully saturated rings. The van der Waals surface area contributed by atoms with Gasteiger partial charge in [-0.15, -0.1) is 15.3 Å². The Morgan fingerprint density at radius 1 is 1.12 bits per heavy atom. The SMILES string of the molecule is [B]C([B])([B])O[C@H](C(=O)Nc1nnc(N[C@@H]2CCN(c3cccnn3)C2)s1)c1ccccc1. The van der Waals surface area contributed by atoms with Gasteiger partial charge in [0, 0.05) is 25.3 Å². The molecular weight excluding hydrogens is 423 g/mol. The largest absolute Gasteiger partial charge is 0.385 e. The van der Waals surface area contributed by atoms with Gasteiger partial charge >= 0.3 is 0 Å². The van der Waals surface area contributed by atoms with Crippen molar-refractivity contribution < 1.29 is 9.53 Å². The predicted octanol–water partition coefficient (Wildman–Crippen LogP) is 0.832. The number of amides is 1. The fraction of sp³-hybridized carbons (Fsp3) is 0.316. The number of carbonyl (C=O) groups is 1. The van der Waals surface area contributed by atoms with E-state index in [1.807, 2.05) is 18.2 Å². The highest BCUT2D eigenvalue weighted by atomic mass is 32.1. The number of rotatable bonds is 8. The summed E-state index contributed by atoms with van der Waals surface area (Å²) < 4.78 is 5.37. The van der Waals surface area contributed by atoms with E-state index in [9.17, 15) is 4.79 Å². The van der Waals surface area contributed by atoms with E-state index in [0.29, 0.717) is 15.8 Å². The monoisotopic (exact) mass is 441 g/mol. The Balaban J connectivity index is 1.37. The molecule has 0 aliphatic carbocycles. The van der Waals surface area contributed by atoms with Crippen molar-refractivity contribution in [2.75, 3.05) is 28.6 Å². The normalized spacial score (nSPS) is 17.1. The van der Waals surface area contributed by atoms with Crippen LogP contribution in [-0.2, 0) is 9.53 Å². The number of carbonyl (C=O) groups excluding carboxylic acids is 1. The molecular formula is C19H18B3N7O2S. The molecule has 2 N–H and O–H groups in total. The van der Waals surface area contributed by atoms with E-state index in [0.717, 1.165) is 25.3 Å². The van der Waals surface area contributed by atoms with Crippen molar-refractivity contribution in [1.82, 2.24) is 20.4 Å². The van der Waals surface area contributed by atoms with Crippen LogP contribution in [0.25, 0.3) is 0 Å². The van der Waals surface area contributed by atoms with E-state index < -0.39 is 17.3 Å². The molecule has 1 saturated heterocycles. The molecule has 32 heavy (non-hydrogen) atoms. The van der Waals surface area contributed by atoms with Crippen LogP contribution in [0.5, 0.6) is 0 Å². The van der Waals surface area contributed by atoms with Gasteiger partial charge in [-0.1, -0.05) is 41.7 Å². The average molecular weight is 441 g/mol. The second-order valence-corrected chi connectivity index (χ2v) is 8.30. The summed E-state index contributed by atoms with van der Waals surface area (Å²) in [6.07, 6.45) is 1.44. The molecule has 13 heteroatoms. The van der Waals surface area contributed by atoms with Crippen LogP contribution in [-0.4, -0.2) is 74.3 Å². The fourth-order valence-corrected chi connectivity index (χ4v) is 4.05. The van der Waals surface area contributed by atoms with Crippen LogP contribution in [0.15, 0.2) is 48.7 Å². The summed E-state index contributed by atoms with van der Waals surface area (Å²) in [5.74, 6) is 0.323. The highest BCUT2D eigenvalue weighted by Gasteiger charge is 2.28. The molecule has 9 nitrogen and oxygen atoms in total. The van der Waals surface area contributed by atoms with Crippen molar-refractivity contribution in [2.24, 2.45) is 0 Å². The van der Waals surface area contributed by atoms with Crippen LogP contribution >= 0.6 is 11.3 Å². The zero-order chi connectivity index (χ0) is 22.6. The van der Waals surface area contributed by atoms with Crippen LogP contribution in [0.1, 0.15) is 18.1 Å². The van der Waals surface area contributed by atoms with Gasteiger partial charge in [-0.3, -0.25) is 10.1 Å². The lowest BCUT2D eigenvalue weighted by molar-refractivity contribution is -0.128. The Kier molecular flexibility index (Phi) is 6.76. The highest BCUT2D eigenvalue weighted by molar-refractivity contribution is 7.19. The van der Waals surface area contributed by atoms with Gasteiger partial charge in [0.25, 0.3) is 5.91 Å². The second kappa shape index (κ2) is 9.70. The van der Waals surface area contributed by atoms with Crippen molar-refractivity contribution in [3.05, 3.63) is 54.2 Å². The summed E-state index contributed by atoms with van der Waals surface area (Å²) in [7, 11) is 16.7. The first-order valence-corrected chi connectivity index (χ1v) is 10.7. The average Bonchev–Trinajstić information content (AvgIpc) is 3.42. The molecule has 6 radical (unpaired) electrons. The molecule has 3 aromatic rings. The third kappa shape index (κ3) is 5.86. The molecule has 3 heterocycles. The summed E-state index contributed by atoms with van der Waals surface area (Å²) >= 11 is 1.21. The number of ether oxygens (including phenoxy) is 1. The van der Waals surface area contributed by atoms with Crippen molar-refractivity contribution in [3.63, 3.8) is 0 Å². The lowest BCUT2D eigenvalue weighted by Gasteiger charge is -2.28. The Bertz CT molecular complexity index is 1040. The first-order valence-electron chi connectivity index (χ1n) is 9.90. The van der Waals surface area contributed by atoms with Gasteiger partial charge in [0.2, 0.25) is 10.3 Å². The van der Waals surface area contributed by atoms with Gasteiger partial charge in [0.05, 0.1) is 23.5 Å². The van der Waals surface area contributed by atoms with Gasteiger partial charge in [-0.2, -0.15) is 5.10 Å². The maximum absolute atomic E-state index is 12.8. The third-order valence-corrected chi connectivity index (χ3v) is 5.49. The summed E-state index contributed by atoms with van der Waals surface area (Å²) in [6, 6.07) is 12.7. The number of benzene rings is 1. The Morgan fingerprint density at radius 3 is 2.62 bits per heavy atom. The minimum atomic E-state index is -1.98. The molecule has 156 valence electrons. The van der Waals surface area contributed by atoms with Gasteiger partial charge in [-0.25, -0.2) is 0 Å². The van der Waals surface area contributed by atoms with E-state index in [1.54, 1.807) is 30.5 Å². The molecule has 4 rings (SSSR count). The first kappa shape index (κ1) is 22.3. The molecule has 0 unspecified atom stereocenters. The first-order chi connectivity index (χ1) is 15.4. The Labute approximate surface area is 193 Å². The third-order valence-electron chi connectivity index (χ3n) is 4.72. The zero-order valence-electron chi connectivity index (χ0n) is 17.1. The van der Waals surface area contributed by atoms with Gasteiger partial charge < -0.3 is 15.0 Å². The smallest absolute Gasteiger partial charge is 0.259 e. The minimum absolute atomic E-state index is 0.168. The topological polar surface area (TPSA) is 105 Å². The number of hydrogen-bond acceptors (Lipinski definition) is 9. The van der Waals surface area contributed by atoms with E-state index in [2.05, 4.69) is 35.9 Å². The molecule has 1 amide bonds. The van der Waals surface area contributed by atoms with Crippen molar-refractivity contribution in [3.8, 4) is 0 Å². The van der Waals surface area contributed by atoms with E-state index in [-0.39, 0.29) is 6.04 Å². The minimum Gasteiger partial charge on any atom is -0.385 e. The summed E-state index contributed by atoms with van der Waals surface area (Å²) in [5, 5.41) is 21.2. The van der Waals surface area contributed by atoms with Crippen LogP contribution in [0.3, 0.4) is 0 Å². The number of nitrogens with zero attached hydrogens (tertiary/aromatic N) is 5. The van der Waals surface area contributed by atoms with E-state index in [4.69, 9.17) is 28.3 Å². The molecule has 0 saturated carbocycles. The Hall–Kier alpha value is -2.92. The summed E-state index contributed by atoms with van der Waals surface area (Å²) in [4.78, 5) is 15.0. The van der Waals surface area contributed by atoms with Crippen molar-refractivity contribution in [2.45, 2.75) is 23.9 Å². The van der Waals surface area contributed by atoms with E-state index in [1.165, 1.54) is 11.3 Å². The molecule has 1 aromatic carbocycles. The van der Waals surface area contributed by atoms with E-state index >= 15 is 0 Å². The molecule has 1 aliphatic heterocycles. The lowest BCUT2D eigenvalue weighted by atomic mass is 9.52. The molecule has 2 aromatic heterocycles. The molecule has 1 aliphatic rings. The zero-order valence-corrected chi connectivity index (χ0v) is 17.9. The second-order valence-electron chi connectivity index (χ2n) is 7.32. The maximum atomic E-state index is 12.8. The molecule has 2 atom stereocenters. The van der Waals surface area contributed by atoms with Crippen LogP contribution in [0.4, 0.5) is 16.1 Å². The number of hydrogen-bond donors (Lipinski definition) is 2. The quantitative estimate of drug-likeness (QED) is 0.496. The molecule has 0 spiro atoms. The lowest BCUT2D eigenvalue weighted by Crippen LogP contribution is -2.39. The van der Waals surface area contributed by atoms with Crippen molar-refractivity contribution in [1.29, 1.82) is 0 Å². The van der Waals surface area contributed by atoms with Crippen LogP contribution in [0, 0.1) is 0 Å². The summed E-state index contributed by atoms with van der Waals surface area (Å²) in [6.45, 7) is 1.61. The van der Waals surface area contributed by atoms with Crippen LogP contribution in [0.2, 0.25) is 0 Å². The molecule has 0 bridgehead atoms. The van der Waals surface area contributed by atoms with Crippen molar-refractivity contribution >= 4 is 56.9 Å².